The first-order valence-electron chi connectivity index (χ1n) is 6.30. The van der Waals surface area contributed by atoms with Crippen molar-refractivity contribution in [1.29, 1.82) is 0 Å². The van der Waals surface area contributed by atoms with Crippen LogP contribution in [-0.4, -0.2) is 32.4 Å². The van der Waals surface area contributed by atoms with Crippen LogP contribution in [-0.2, 0) is 4.74 Å². The molecular weight excluding hydrogens is 282 g/mol. The number of hydrogen-bond acceptors (Lipinski definition) is 5. The Morgan fingerprint density at radius 3 is 2.95 bits per heavy atom. The zero-order valence-electron chi connectivity index (χ0n) is 10.8. The third-order valence-electron chi connectivity index (χ3n) is 3.03. The molecule has 5 nitrogen and oxygen atoms in total. The summed E-state index contributed by atoms with van der Waals surface area (Å²) in [5.41, 5.74) is 0.178. The van der Waals surface area contributed by atoms with E-state index in [0.717, 1.165) is 18.5 Å². The molecule has 0 aliphatic carbocycles. The van der Waals surface area contributed by atoms with Crippen LogP contribution in [0.2, 0.25) is 0 Å². The van der Waals surface area contributed by atoms with Crippen molar-refractivity contribution < 1.29 is 13.9 Å². The van der Waals surface area contributed by atoms with Crippen LogP contribution in [0.3, 0.4) is 0 Å². The predicted molar refractivity (Wildman–Crippen MR) is 77.8 cm³/mol. The van der Waals surface area contributed by atoms with E-state index >= 15 is 0 Å². The monoisotopic (exact) mass is 297 g/mol. The van der Waals surface area contributed by atoms with Crippen molar-refractivity contribution in [3.63, 3.8) is 0 Å². The molecule has 3 rings (SSSR count). The lowest BCUT2D eigenvalue weighted by atomic mass is 10.2. The van der Waals surface area contributed by atoms with Gasteiger partial charge in [-0.3, -0.25) is 0 Å². The molecule has 1 aliphatic heterocycles. The van der Waals surface area contributed by atoms with Gasteiger partial charge in [-0.2, -0.15) is 0 Å². The quantitative estimate of drug-likeness (QED) is 0.872. The van der Waals surface area contributed by atoms with Crippen LogP contribution in [0.25, 0.3) is 11.0 Å². The van der Waals surface area contributed by atoms with E-state index in [1.807, 2.05) is 12.1 Å². The Bertz CT molecular complexity index is 622. The van der Waals surface area contributed by atoms with Gasteiger partial charge < -0.3 is 19.2 Å². The van der Waals surface area contributed by atoms with Crippen LogP contribution < -0.4 is 15.7 Å². The Labute approximate surface area is 122 Å². The third kappa shape index (κ3) is 3.50. The summed E-state index contributed by atoms with van der Waals surface area (Å²) < 4.78 is 16.3. The molecule has 0 amide bonds. The summed E-state index contributed by atoms with van der Waals surface area (Å²) >= 11 is 0. The van der Waals surface area contributed by atoms with E-state index in [0.29, 0.717) is 24.5 Å². The highest BCUT2D eigenvalue weighted by Gasteiger charge is 2.14. The van der Waals surface area contributed by atoms with Crippen LogP contribution in [0.4, 0.5) is 0 Å². The van der Waals surface area contributed by atoms with Gasteiger partial charge in [0.05, 0.1) is 6.61 Å². The second-order valence-electron chi connectivity index (χ2n) is 4.46. The summed E-state index contributed by atoms with van der Waals surface area (Å²) in [6, 6.07) is 8.60. The first kappa shape index (κ1) is 14.8. The van der Waals surface area contributed by atoms with Crippen molar-refractivity contribution in [2.45, 2.75) is 6.10 Å². The van der Waals surface area contributed by atoms with Crippen molar-refractivity contribution in [3.05, 3.63) is 40.8 Å². The molecule has 108 valence electrons. The average Bonchev–Trinajstić information content (AvgIpc) is 2.46. The second-order valence-corrected chi connectivity index (χ2v) is 4.46. The minimum Gasteiger partial charge on any atom is -0.491 e. The summed E-state index contributed by atoms with van der Waals surface area (Å²) in [6.45, 7) is 2.87. The number of benzene rings is 1. The number of rotatable bonds is 3. The molecule has 1 fully saturated rings. The highest BCUT2D eigenvalue weighted by atomic mass is 35.5. The summed E-state index contributed by atoms with van der Waals surface area (Å²) in [6.07, 6.45) is 0.0622. The fraction of sp³-hybridized carbons (Fsp3) is 0.357. The van der Waals surface area contributed by atoms with Gasteiger partial charge in [0.1, 0.15) is 24.0 Å². The molecule has 1 aromatic carbocycles. The minimum atomic E-state index is -0.357. The Hall–Kier alpha value is -1.56. The van der Waals surface area contributed by atoms with E-state index < -0.39 is 0 Å². The van der Waals surface area contributed by atoms with Gasteiger partial charge in [-0.15, -0.1) is 12.4 Å². The van der Waals surface area contributed by atoms with Crippen molar-refractivity contribution in [1.82, 2.24) is 5.32 Å². The molecule has 0 saturated carbocycles. The maximum Gasteiger partial charge on any atom is 0.336 e. The van der Waals surface area contributed by atoms with Gasteiger partial charge >= 0.3 is 5.63 Å². The van der Waals surface area contributed by atoms with Crippen molar-refractivity contribution in [2.75, 3.05) is 26.3 Å². The van der Waals surface area contributed by atoms with Crippen LogP contribution in [0.1, 0.15) is 0 Å². The molecule has 0 spiro atoms. The first-order chi connectivity index (χ1) is 9.31. The molecule has 2 heterocycles. The zero-order chi connectivity index (χ0) is 13.1. The van der Waals surface area contributed by atoms with Crippen LogP contribution >= 0.6 is 12.4 Å². The molecule has 1 saturated heterocycles. The van der Waals surface area contributed by atoms with E-state index in [2.05, 4.69) is 5.32 Å². The van der Waals surface area contributed by atoms with Gasteiger partial charge in [-0.25, -0.2) is 4.79 Å². The van der Waals surface area contributed by atoms with Gasteiger partial charge in [0.25, 0.3) is 0 Å². The highest BCUT2D eigenvalue weighted by molar-refractivity contribution is 5.85. The topological polar surface area (TPSA) is 60.7 Å². The summed E-state index contributed by atoms with van der Waals surface area (Å²) in [4.78, 5) is 11.2. The molecular formula is C14H16ClNO4. The molecule has 0 radical (unpaired) electrons. The summed E-state index contributed by atoms with van der Waals surface area (Å²) in [5, 5.41) is 4.12. The number of fused-ring (bicyclic) bond motifs is 1. The minimum absolute atomic E-state index is 0. The Morgan fingerprint density at radius 2 is 2.15 bits per heavy atom. The number of nitrogens with one attached hydrogen (secondary N) is 1. The molecule has 20 heavy (non-hydrogen) atoms. The number of hydrogen-bond donors (Lipinski definition) is 1. The van der Waals surface area contributed by atoms with E-state index in [9.17, 15) is 4.79 Å². The number of ether oxygens (including phenoxy) is 2. The zero-order valence-corrected chi connectivity index (χ0v) is 11.7. The lowest BCUT2D eigenvalue weighted by Crippen LogP contribution is -2.41. The molecule has 1 aliphatic rings. The fourth-order valence-electron chi connectivity index (χ4n) is 2.05. The maximum atomic E-state index is 11.2. The van der Waals surface area contributed by atoms with E-state index in [-0.39, 0.29) is 24.1 Å². The molecule has 1 atom stereocenters. The molecule has 2 aromatic rings. The number of halogens is 1. The van der Waals surface area contributed by atoms with Gasteiger partial charge in [0.15, 0.2) is 0 Å². The first-order valence-corrected chi connectivity index (χ1v) is 6.30. The van der Waals surface area contributed by atoms with Crippen molar-refractivity contribution >= 4 is 23.4 Å². The van der Waals surface area contributed by atoms with Gasteiger partial charge in [0, 0.05) is 30.6 Å². The lowest BCUT2D eigenvalue weighted by Gasteiger charge is -2.23. The lowest BCUT2D eigenvalue weighted by molar-refractivity contribution is 0.000206. The largest absolute Gasteiger partial charge is 0.491 e. The number of morpholine rings is 1. The van der Waals surface area contributed by atoms with Gasteiger partial charge in [0.2, 0.25) is 0 Å². The smallest absolute Gasteiger partial charge is 0.336 e. The maximum absolute atomic E-state index is 11.2. The van der Waals surface area contributed by atoms with E-state index in [1.165, 1.54) is 6.07 Å². The van der Waals surface area contributed by atoms with Crippen molar-refractivity contribution in [2.24, 2.45) is 0 Å². The highest BCUT2D eigenvalue weighted by Crippen LogP contribution is 2.19. The Kier molecular flexibility index (Phi) is 5.00. The Balaban J connectivity index is 0.00000147. The van der Waals surface area contributed by atoms with Crippen LogP contribution in [0.15, 0.2) is 39.5 Å². The van der Waals surface area contributed by atoms with Crippen LogP contribution in [0.5, 0.6) is 5.75 Å². The molecule has 1 N–H and O–H groups in total. The van der Waals surface area contributed by atoms with E-state index in [1.54, 1.807) is 12.1 Å². The second kappa shape index (κ2) is 6.74. The average molecular weight is 298 g/mol. The fourth-order valence-corrected chi connectivity index (χ4v) is 2.05. The molecule has 1 aromatic heterocycles. The SMILES string of the molecule is Cl.O=c1ccc2ccc(OCC3CNCCO3)cc2o1. The normalized spacial score (nSPS) is 18.5. The Morgan fingerprint density at radius 1 is 1.30 bits per heavy atom. The molecule has 1 unspecified atom stereocenters. The predicted octanol–water partition coefficient (Wildman–Crippen LogP) is 1.58. The molecule has 0 bridgehead atoms. The van der Waals surface area contributed by atoms with E-state index in [4.69, 9.17) is 13.9 Å². The summed E-state index contributed by atoms with van der Waals surface area (Å²) in [5.74, 6) is 0.677. The molecule has 6 heteroatoms. The standard InChI is InChI=1S/C14H15NO4.ClH/c16-14-4-2-10-1-3-11(7-13(10)19-14)18-9-12-8-15-5-6-17-12;/h1-4,7,12,15H,5-6,8-9H2;1H. The van der Waals surface area contributed by atoms with Gasteiger partial charge in [-0.1, -0.05) is 0 Å². The van der Waals surface area contributed by atoms with Crippen molar-refractivity contribution in [3.8, 4) is 5.75 Å². The van der Waals surface area contributed by atoms with Gasteiger partial charge in [-0.05, 0) is 18.2 Å². The summed E-state index contributed by atoms with van der Waals surface area (Å²) in [7, 11) is 0. The third-order valence-corrected chi connectivity index (χ3v) is 3.03. The van der Waals surface area contributed by atoms with Crippen LogP contribution in [0, 0.1) is 0 Å².